The molecule has 1 unspecified atom stereocenters. The lowest BCUT2D eigenvalue weighted by molar-refractivity contribution is -0.115. The molecule has 6 heteroatoms. The Hall–Kier alpha value is -1.85. The second-order valence-electron chi connectivity index (χ2n) is 5.50. The zero-order valence-electron chi connectivity index (χ0n) is 13.9. The van der Waals surface area contributed by atoms with Crippen LogP contribution >= 0.6 is 22.9 Å². The average molecular weight is 366 g/mol. The van der Waals surface area contributed by atoms with Crippen LogP contribution in [0.4, 0.5) is 5.00 Å². The van der Waals surface area contributed by atoms with Gasteiger partial charge < -0.3 is 10.1 Å². The first-order valence-electron chi connectivity index (χ1n) is 7.72. The summed E-state index contributed by atoms with van der Waals surface area (Å²) < 4.78 is 5.40. The summed E-state index contributed by atoms with van der Waals surface area (Å²) in [6.07, 6.45) is 1.06. The van der Waals surface area contributed by atoms with Gasteiger partial charge in [-0.2, -0.15) is 0 Å². The summed E-state index contributed by atoms with van der Waals surface area (Å²) in [6.45, 7) is 4.02. The number of nitrogens with one attached hydrogen (secondary N) is 1. The number of amides is 1. The van der Waals surface area contributed by atoms with Gasteiger partial charge in [-0.25, -0.2) is 4.79 Å². The molecule has 1 aromatic heterocycles. The van der Waals surface area contributed by atoms with E-state index in [1.807, 2.05) is 44.2 Å². The van der Waals surface area contributed by atoms with Crippen LogP contribution in [0.3, 0.4) is 0 Å². The number of carbonyl (C=O) groups excluding carboxylic acids is 2. The van der Waals surface area contributed by atoms with Crippen molar-refractivity contribution in [1.82, 2.24) is 0 Å². The van der Waals surface area contributed by atoms with E-state index >= 15 is 0 Å². The molecular formula is C18H20ClNO3S. The van der Waals surface area contributed by atoms with Crippen LogP contribution in [-0.2, 0) is 16.0 Å². The maximum Gasteiger partial charge on any atom is 0.341 e. The summed E-state index contributed by atoms with van der Waals surface area (Å²) in [5.41, 5.74) is 2.01. The fourth-order valence-electron chi connectivity index (χ4n) is 2.41. The number of hydrogen-bond acceptors (Lipinski definition) is 4. The van der Waals surface area contributed by atoms with E-state index in [9.17, 15) is 9.59 Å². The van der Waals surface area contributed by atoms with Crippen molar-refractivity contribution >= 4 is 39.8 Å². The van der Waals surface area contributed by atoms with Gasteiger partial charge in [-0.1, -0.05) is 55.8 Å². The van der Waals surface area contributed by atoms with Crippen molar-refractivity contribution in [1.29, 1.82) is 0 Å². The Morgan fingerprint density at radius 1 is 1.29 bits per heavy atom. The predicted molar refractivity (Wildman–Crippen MR) is 98.2 cm³/mol. The van der Waals surface area contributed by atoms with Gasteiger partial charge in [-0.15, -0.1) is 11.3 Å². The Bertz CT molecular complexity index is 727. The highest BCUT2D eigenvalue weighted by molar-refractivity contribution is 7.20. The Kier molecular flexibility index (Phi) is 6.40. The summed E-state index contributed by atoms with van der Waals surface area (Å²) in [7, 11) is 1.32. The Balaban J connectivity index is 2.29. The maximum absolute atomic E-state index is 12.3. The van der Waals surface area contributed by atoms with Crippen LogP contribution in [0.25, 0.3) is 0 Å². The fraction of sp³-hybridized carbons (Fsp3) is 0.333. The molecule has 0 aliphatic rings. The van der Waals surface area contributed by atoms with Crippen LogP contribution in [0, 0.1) is 0 Å². The van der Waals surface area contributed by atoms with Gasteiger partial charge in [0, 0.05) is 5.56 Å². The maximum atomic E-state index is 12.3. The van der Waals surface area contributed by atoms with Crippen LogP contribution in [0.15, 0.2) is 30.3 Å². The first kappa shape index (κ1) is 18.5. The standard InChI is InChI=1S/C18H20ClNO3S/c1-4-11(2)14-15(18(22)23-3)17(24-16(14)19)20-13(21)10-12-8-6-5-7-9-12/h5-9,11H,4,10H2,1-3H3,(H,20,21). The van der Waals surface area contributed by atoms with E-state index in [2.05, 4.69) is 5.32 Å². The van der Waals surface area contributed by atoms with Crippen LogP contribution in [0.1, 0.15) is 47.7 Å². The lowest BCUT2D eigenvalue weighted by Gasteiger charge is -2.11. The molecule has 0 spiro atoms. The van der Waals surface area contributed by atoms with Gasteiger partial charge in [0.05, 0.1) is 23.4 Å². The number of rotatable bonds is 6. The predicted octanol–water partition coefficient (Wildman–Crippen LogP) is 4.88. The SMILES string of the molecule is CCC(C)c1c(Cl)sc(NC(=O)Cc2ccccc2)c1C(=O)OC. The largest absolute Gasteiger partial charge is 0.465 e. The van der Waals surface area contributed by atoms with Crippen LogP contribution < -0.4 is 5.32 Å². The second kappa shape index (κ2) is 8.31. The van der Waals surface area contributed by atoms with Crippen molar-refractivity contribution < 1.29 is 14.3 Å². The third-order valence-electron chi connectivity index (χ3n) is 3.85. The third kappa shape index (κ3) is 4.16. The fourth-order valence-corrected chi connectivity index (χ4v) is 3.97. The number of halogens is 1. The molecule has 2 aromatic rings. The van der Waals surface area contributed by atoms with Crippen LogP contribution in [0.2, 0.25) is 4.34 Å². The van der Waals surface area contributed by atoms with Crippen LogP contribution in [-0.4, -0.2) is 19.0 Å². The second-order valence-corrected chi connectivity index (χ2v) is 7.13. The Morgan fingerprint density at radius 3 is 2.54 bits per heavy atom. The number of hydrogen-bond donors (Lipinski definition) is 1. The molecule has 24 heavy (non-hydrogen) atoms. The molecule has 128 valence electrons. The smallest absolute Gasteiger partial charge is 0.341 e. The lowest BCUT2D eigenvalue weighted by Crippen LogP contribution is -2.16. The molecule has 1 aromatic carbocycles. The highest BCUT2D eigenvalue weighted by Gasteiger charge is 2.27. The first-order chi connectivity index (χ1) is 11.5. The van der Waals surface area contributed by atoms with Crippen LogP contribution in [0.5, 0.6) is 0 Å². The molecule has 0 aliphatic heterocycles. The zero-order chi connectivity index (χ0) is 17.7. The van der Waals surface area contributed by atoms with Gasteiger partial charge in [0.15, 0.2) is 0 Å². The molecule has 0 saturated heterocycles. The van der Waals surface area contributed by atoms with E-state index in [1.165, 1.54) is 18.4 Å². The normalized spacial score (nSPS) is 11.8. The minimum Gasteiger partial charge on any atom is -0.465 e. The molecule has 1 heterocycles. The number of esters is 1. The van der Waals surface area contributed by atoms with Crippen molar-refractivity contribution in [2.45, 2.75) is 32.6 Å². The van der Waals surface area contributed by atoms with Gasteiger partial charge in [0.25, 0.3) is 0 Å². The number of thiophene rings is 1. The van der Waals surface area contributed by atoms with Crippen molar-refractivity contribution in [3.05, 3.63) is 51.4 Å². The molecule has 1 atom stereocenters. The van der Waals surface area contributed by atoms with E-state index in [1.54, 1.807) is 0 Å². The van der Waals surface area contributed by atoms with E-state index in [4.69, 9.17) is 16.3 Å². The minimum atomic E-state index is -0.483. The number of methoxy groups -OCH3 is 1. The number of anilines is 1. The summed E-state index contributed by atoms with van der Waals surface area (Å²) in [5.74, 6) is -0.578. The monoisotopic (exact) mass is 365 g/mol. The highest BCUT2D eigenvalue weighted by atomic mass is 35.5. The quantitative estimate of drug-likeness (QED) is 0.742. The Labute approximate surface area is 150 Å². The summed E-state index contributed by atoms with van der Waals surface area (Å²) >= 11 is 7.53. The van der Waals surface area contributed by atoms with Crippen molar-refractivity contribution in [3.8, 4) is 0 Å². The molecule has 0 aliphatic carbocycles. The average Bonchev–Trinajstić information content (AvgIpc) is 2.90. The zero-order valence-corrected chi connectivity index (χ0v) is 15.5. The minimum absolute atomic E-state index is 0.0997. The van der Waals surface area contributed by atoms with Gasteiger partial charge in [0.2, 0.25) is 5.91 Å². The molecule has 1 N–H and O–H groups in total. The summed E-state index contributed by atoms with van der Waals surface area (Å²) in [5, 5.41) is 3.26. The molecule has 4 nitrogen and oxygen atoms in total. The molecule has 0 radical (unpaired) electrons. The molecular weight excluding hydrogens is 346 g/mol. The lowest BCUT2D eigenvalue weighted by atomic mass is 9.97. The molecule has 0 saturated carbocycles. The first-order valence-corrected chi connectivity index (χ1v) is 8.91. The number of carbonyl (C=O) groups is 2. The van der Waals surface area contributed by atoms with E-state index < -0.39 is 5.97 Å². The highest BCUT2D eigenvalue weighted by Crippen LogP contribution is 2.42. The van der Waals surface area contributed by atoms with Gasteiger partial charge in [0.1, 0.15) is 5.00 Å². The van der Waals surface area contributed by atoms with E-state index in [-0.39, 0.29) is 18.2 Å². The molecule has 2 rings (SSSR count). The van der Waals surface area contributed by atoms with Gasteiger partial charge in [-0.3, -0.25) is 4.79 Å². The summed E-state index contributed by atoms with van der Waals surface area (Å²) in [6, 6.07) is 9.42. The van der Waals surface area contributed by atoms with E-state index in [0.29, 0.717) is 14.9 Å². The third-order valence-corrected chi connectivity index (χ3v) is 5.20. The Morgan fingerprint density at radius 2 is 1.96 bits per heavy atom. The van der Waals surface area contributed by atoms with Gasteiger partial charge >= 0.3 is 5.97 Å². The number of benzene rings is 1. The molecule has 1 amide bonds. The number of ether oxygens (including phenoxy) is 1. The van der Waals surface area contributed by atoms with Crippen molar-refractivity contribution in [3.63, 3.8) is 0 Å². The van der Waals surface area contributed by atoms with Gasteiger partial charge in [-0.05, 0) is 17.9 Å². The molecule has 0 bridgehead atoms. The topological polar surface area (TPSA) is 55.4 Å². The summed E-state index contributed by atoms with van der Waals surface area (Å²) in [4.78, 5) is 24.5. The molecule has 0 fully saturated rings. The van der Waals surface area contributed by atoms with Crippen molar-refractivity contribution in [2.75, 3.05) is 12.4 Å². The van der Waals surface area contributed by atoms with E-state index in [0.717, 1.165) is 17.5 Å². The van der Waals surface area contributed by atoms with Crippen molar-refractivity contribution in [2.24, 2.45) is 0 Å².